The number of hydrogen-bond acceptors (Lipinski definition) is 3. The third kappa shape index (κ3) is 1.70. The van der Waals surface area contributed by atoms with Gasteiger partial charge in [0.05, 0.1) is 6.10 Å². The van der Waals surface area contributed by atoms with Gasteiger partial charge in [0.15, 0.2) is 0 Å². The summed E-state index contributed by atoms with van der Waals surface area (Å²) < 4.78 is 5.61. The first kappa shape index (κ1) is 11.5. The van der Waals surface area contributed by atoms with Crippen molar-refractivity contribution in [3.63, 3.8) is 0 Å². The third-order valence-electron chi connectivity index (χ3n) is 5.44. The van der Waals surface area contributed by atoms with Gasteiger partial charge in [-0.2, -0.15) is 0 Å². The van der Waals surface area contributed by atoms with E-state index in [0.717, 1.165) is 25.7 Å². The summed E-state index contributed by atoms with van der Waals surface area (Å²) in [6.45, 7) is 3.62. The Morgan fingerprint density at radius 1 is 1.29 bits per heavy atom. The van der Waals surface area contributed by atoms with Gasteiger partial charge in [-0.25, -0.2) is 0 Å². The maximum Gasteiger partial charge on any atom is 0.303 e. The number of aliphatic hydroxyl groups is 1. The monoisotopic (exact) mass is 238 g/mol. The molecule has 3 nitrogen and oxygen atoms in total. The standard InChI is InChI=1S/C14H22O3/c1-8(15)17-14(2)7-9-5-13(14)11-4-3-10(16)6-12(9)11/h9-13,16H,3-7H2,1-2H3. The quantitative estimate of drug-likeness (QED) is 0.712. The molecule has 3 fully saturated rings. The predicted molar refractivity (Wildman–Crippen MR) is 63.2 cm³/mol. The van der Waals surface area contributed by atoms with Gasteiger partial charge in [-0.05, 0) is 56.8 Å². The van der Waals surface area contributed by atoms with Gasteiger partial charge in [0, 0.05) is 12.8 Å². The average molecular weight is 238 g/mol. The topological polar surface area (TPSA) is 46.5 Å². The van der Waals surface area contributed by atoms with Crippen LogP contribution in [0.4, 0.5) is 0 Å². The molecule has 0 heterocycles. The molecule has 3 saturated carbocycles. The molecule has 96 valence electrons. The predicted octanol–water partition coefficient (Wildman–Crippen LogP) is 2.13. The first-order valence-electron chi connectivity index (χ1n) is 6.87. The lowest BCUT2D eigenvalue weighted by Crippen LogP contribution is -2.46. The van der Waals surface area contributed by atoms with Crippen LogP contribution in [0.15, 0.2) is 0 Å². The molecular weight excluding hydrogens is 216 g/mol. The Kier molecular flexibility index (Phi) is 2.51. The highest BCUT2D eigenvalue weighted by molar-refractivity contribution is 5.66. The Balaban J connectivity index is 1.78. The van der Waals surface area contributed by atoms with Crippen LogP contribution in [0.5, 0.6) is 0 Å². The first-order valence-corrected chi connectivity index (χ1v) is 6.87. The summed E-state index contributed by atoms with van der Waals surface area (Å²) in [6, 6.07) is 0. The Morgan fingerprint density at radius 2 is 2.06 bits per heavy atom. The molecule has 0 amide bonds. The van der Waals surface area contributed by atoms with Crippen molar-refractivity contribution in [1.82, 2.24) is 0 Å². The van der Waals surface area contributed by atoms with Crippen molar-refractivity contribution < 1.29 is 14.6 Å². The van der Waals surface area contributed by atoms with Crippen LogP contribution in [0, 0.1) is 23.7 Å². The van der Waals surface area contributed by atoms with E-state index < -0.39 is 0 Å². The van der Waals surface area contributed by atoms with E-state index in [1.807, 2.05) is 0 Å². The van der Waals surface area contributed by atoms with Gasteiger partial charge in [0.1, 0.15) is 5.60 Å². The van der Waals surface area contributed by atoms with Crippen LogP contribution in [-0.2, 0) is 9.53 Å². The summed E-state index contributed by atoms with van der Waals surface area (Å²) in [6.07, 6.45) is 5.14. The number of hydrogen-bond donors (Lipinski definition) is 1. The van der Waals surface area contributed by atoms with Gasteiger partial charge < -0.3 is 9.84 Å². The fraction of sp³-hybridized carbons (Fsp3) is 0.929. The van der Waals surface area contributed by atoms with Gasteiger partial charge in [-0.15, -0.1) is 0 Å². The minimum Gasteiger partial charge on any atom is -0.459 e. The number of rotatable bonds is 1. The zero-order chi connectivity index (χ0) is 12.2. The van der Waals surface area contributed by atoms with Crippen LogP contribution in [0.3, 0.4) is 0 Å². The van der Waals surface area contributed by atoms with E-state index in [0.29, 0.717) is 23.7 Å². The number of carbonyl (C=O) groups is 1. The molecule has 3 aliphatic rings. The first-order chi connectivity index (χ1) is 7.99. The van der Waals surface area contributed by atoms with Gasteiger partial charge >= 0.3 is 5.97 Å². The summed E-state index contributed by atoms with van der Waals surface area (Å²) in [7, 11) is 0. The molecule has 2 bridgehead atoms. The van der Waals surface area contributed by atoms with Gasteiger partial charge in [-0.3, -0.25) is 4.79 Å². The van der Waals surface area contributed by atoms with Crippen LogP contribution in [0.25, 0.3) is 0 Å². The minimum absolute atomic E-state index is 0.0874. The fourth-order valence-corrected chi connectivity index (χ4v) is 4.98. The molecule has 6 unspecified atom stereocenters. The summed E-state index contributed by atoms with van der Waals surface area (Å²) >= 11 is 0. The Morgan fingerprint density at radius 3 is 2.76 bits per heavy atom. The molecule has 0 saturated heterocycles. The normalized spacial score (nSPS) is 52.3. The molecule has 3 rings (SSSR count). The molecule has 0 aromatic rings. The van der Waals surface area contributed by atoms with Gasteiger partial charge in [0.25, 0.3) is 0 Å². The molecule has 0 radical (unpaired) electrons. The van der Waals surface area contributed by atoms with E-state index >= 15 is 0 Å². The maximum atomic E-state index is 11.2. The summed E-state index contributed by atoms with van der Waals surface area (Å²) in [5.41, 5.74) is -0.222. The minimum atomic E-state index is -0.222. The zero-order valence-corrected chi connectivity index (χ0v) is 10.7. The van der Waals surface area contributed by atoms with Crippen LogP contribution in [0.2, 0.25) is 0 Å². The molecule has 1 N–H and O–H groups in total. The van der Waals surface area contributed by atoms with E-state index in [1.54, 1.807) is 0 Å². The molecule has 0 aliphatic heterocycles. The largest absolute Gasteiger partial charge is 0.459 e. The number of esters is 1. The SMILES string of the molecule is CC(=O)OC1(C)CC2CC1C1CCC(O)CC21. The third-order valence-corrected chi connectivity index (χ3v) is 5.44. The lowest BCUT2D eigenvalue weighted by atomic mass is 9.65. The van der Waals surface area contributed by atoms with E-state index in [-0.39, 0.29) is 17.7 Å². The second-order valence-corrected chi connectivity index (χ2v) is 6.51. The number of fused-ring (bicyclic) bond motifs is 5. The highest BCUT2D eigenvalue weighted by atomic mass is 16.6. The average Bonchev–Trinajstić information content (AvgIpc) is 2.71. The molecule has 3 aliphatic carbocycles. The molecule has 17 heavy (non-hydrogen) atoms. The van der Waals surface area contributed by atoms with Gasteiger partial charge in [-0.1, -0.05) is 0 Å². The van der Waals surface area contributed by atoms with Crippen molar-refractivity contribution in [3.05, 3.63) is 0 Å². The molecule has 3 heteroatoms. The number of aliphatic hydroxyl groups excluding tert-OH is 1. The second kappa shape index (κ2) is 3.71. The molecule has 0 aromatic carbocycles. The lowest BCUT2D eigenvalue weighted by molar-refractivity contribution is -0.166. The molecule has 6 atom stereocenters. The van der Waals surface area contributed by atoms with Crippen molar-refractivity contribution in [2.45, 2.75) is 57.7 Å². The van der Waals surface area contributed by atoms with Crippen molar-refractivity contribution >= 4 is 5.97 Å². The lowest BCUT2D eigenvalue weighted by Gasteiger charge is -2.45. The summed E-state index contributed by atoms with van der Waals surface area (Å²) in [4.78, 5) is 11.2. The molecule has 0 aromatic heterocycles. The van der Waals surface area contributed by atoms with E-state index in [2.05, 4.69) is 6.92 Å². The summed E-state index contributed by atoms with van der Waals surface area (Å²) in [5.74, 6) is 2.43. The van der Waals surface area contributed by atoms with Gasteiger partial charge in [0.2, 0.25) is 0 Å². The van der Waals surface area contributed by atoms with Crippen LogP contribution in [-0.4, -0.2) is 22.8 Å². The number of ether oxygens (including phenoxy) is 1. The van der Waals surface area contributed by atoms with E-state index in [4.69, 9.17) is 4.74 Å². The van der Waals surface area contributed by atoms with Crippen LogP contribution < -0.4 is 0 Å². The molecule has 0 spiro atoms. The van der Waals surface area contributed by atoms with Crippen LogP contribution in [0.1, 0.15) is 46.0 Å². The zero-order valence-electron chi connectivity index (χ0n) is 10.7. The highest BCUT2D eigenvalue weighted by Gasteiger charge is 2.60. The number of carbonyl (C=O) groups excluding carboxylic acids is 1. The van der Waals surface area contributed by atoms with Crippen molar-refractivity contribution in [2.24, 2.45) is 23.7 Å². The van der Waals surface area contributed by atoms with Crippen LogP contribution >= 0.6 is 0 Å². The maximum absolute atomic E-state index is 11.2. The Bertz CT molecular complexity index is 340. The van der Waals surface area contributed by atoms with Crippen molar-refractivity contribution in [2.75, 3.05) is 0 Å². The van der Waals surface area contributed by atoms with E-state index in [1.165, 1.54) is 13.3 Å². The van der Waals surface area contributed by atoms with Crippen molar-refractivity contribution in [3.8, 4) is 0 Å². The Hall–Kier alpha value is -0.570. The smallest absolute Gasteiger partial charge is 0.303 e. The highest BCUT2D eigenvalue weighted by Crippen LogP contribution is 2.62. The molecular formula is C14H22O3. The summed E-state index contributed by atoms with van der Waals surface area (Å²) in [5, 5.41) is 9.77. The van der Waals surface area contributed by atoms with E-state index in [9.17, 15) is 9.90 Å². The second-order valence-electron chi connectivity index (χ2n) is 6.51. The fourth-order valence-electron chi connectivity index (χ4n) is 4.98. The van der Waals surface area contributed by atoms with Crippen molar-refractivity contribution in [1.29, 1.82) is 0 Å². The Labute approximate surface area is 103 Å².